The number of hydrogen-bond donors (Lipinski definition) is 3. The minimum absolute atomic E-state index is 0.0225. The van der Waals surface area contributed by atoms with Crippen molar-refractivity contribution in [1.29, 1.82) is 0 Å². The van der Waals surface area contributed by atoms with Crippen LogP contribution in [0.25, 0.3) is 27.4 Å². The average Bonchev–Trinajstić information content (AvgIpc) is 3.97. The fraction of sp³-hybridized carbons (Fsp3) is 0.413. The molecule has 0 bridgehead atoms. The summed E-state index contributed by atoms with van der Waals surface area (Å²) < 4.78 is 35.3. The molecule has 3 fully saturated rings. The molecule has 9 rings (SSSR count). The monoisotopic (exact) mass is 814 g/mol. The molecule has 12 nitrogen and oxygen atoms in total. The van der Waals surface area contributed by atoms with E-state index < -0.39 is 31.5 Å². The third-order valence-electron chi connectivity index (χ3n) is 13.2. The molecule has 5 aromatic rings. The third kappa shape index (κ3) is 6.81. The number of H-pyrrole nitrogens is 1. The number of allylic oxidation sites excluding steroid dienone is 3. The number of anilines is 1. The number of rotatable bonds is 10. The second-order valence-electron chi connectivity index (χ2n) is 16.9. The predicted molar refractivity (Wildman–Crippen MR) is 229 cm³/mol. The predicted octanol–water partition coefficient (Wildman–Crippen LogP) is 5.49. The molecule has 2 aliphatic heterocycles. The van der Waals surface area contributed by atoms with Crippen LogP contribution in [0, 0.1) is 12.3 Å². The van der Waals surface area contributed by atoms with Crippen LogP contribution in [0.2, 0.25) is 0 Å². The summed E-state index contributed by atoms with van der Waals surface area (Å²) in [6.07, 6.45) is 17.3. The maximum Gasteiger partial charge on any atom is 0.273 e. The standard InChI is InChI=1S/C46H50N6O6S/c1-4-45(55)20-26-50(27-21-45)36-17-23-51(24-18-36)43-48-39-13-10-33(29-38(39)41(49-43)46(30-53,58-37-11-12-37)35-8-6-5-7-9-35)34-14-19-44(3,31(2)28-34)59(56,57)52-25-16-32-15-22-47-42(54)40(32)52/h1,5-10,13-16,22,25,28-29,36-37,53,55H,11-12,17-21,23-24,26-27,30H2,2-3H3,(H,47,54)/t44-,46?/m0/s1. The molecule has 2 aromatic carbocycles. The lowest BCUT2D eigenvalue weighted by Gasteiger charge is -2.43. The van der Waals surface area contributed by atoms with Gasteiger partial charge in [0, 0.05) is 68.2 Å². The SMILES string of the molecule is C#CC1(O)CCN(C2CCN(c3nc(C(CO)(OC4CC4)c4ccccc4)c4cc(C5=CC[C@](C)(S(=O)(=O)n6ccc7cc[nH]c(=O)c76)C(C)=C5)ccc4n3)CC2)CC1. The highest BCUT2D eigenvalue weighted by molar-refractivity contribution is 7.91. The third-order valence-corrected chi connectivity index (χ3v) is 15.7. The molecule has 5 heterocycles. The second kappa shape index (κ2) is 14.9. The average molecular weight is 815 g/mol. The van der Waals surface area contributed by atoms with Crippen LogP contribution in [0.4, 0.5) is 5.95 Å². The van der Waals surface area contributed by atoms with Crippen molar-refractivity contribution in [1.82, 2.24) is 23.8 Å². The Hall–Kier alpha value is -5.10. The Kier molecular flexibility index (Phi) is 9.92. The molecule has 2 saturated heterocycles. The molecule has 1 saturated carbocycles. The first-order valence-corrected chi connectivity index (χ1v) is 22.0. The molecule has 2 atom stereocenters. The van der Waals surface area contributed by atoms with Crippen LogP contribution in [-0.2, 0) is 20.4 Å². The van der Waals surface area contributed by atoms with E-state index in [1.54, 1.807) is 19.1 Å². The van der Waals surface area contributed by atoms with Crippen LogP contribution in [0.15, 0.2) is 95.6 Å². The van der Waals surface area contributed by atoms with Gasteiger partial charge in [0.25, 0.3) is 5.56 Å². The fourth-order valence-electron chi connectivity index (χ4n) is 9.13. The summed E-state index contributed by atoms with van der Waals surface area (Å²) in [7, 11) is -4.06. The Labute approximate surface area is 344 Å². The Morgan fingerprint density at radius 3 is 2.44 bits per heavy atom. The summed E-state index contributed by atoms with van der Waals surface area (Å²) in [5, 5.41) is 23.3. The maximum absolute atomic E-state index is 14.3. The number of nitrogens with zero attached hydrogens (tertiary/aromatic N) is 5. The van der Waals surface area contributed by atoms with Crippen LogP contribution < -0.4 is 10.5 Å². The fourth-order valence-corrected chi connectivity index (χ4v) is 11.0. The van der Waals surface area contributed by atoms with Crippen LogP contribution in [0.1, 0.15) is 75.6 Å². The summed E-state index contributed by atoms with van der Waals surface area (Å²) in [6.45, 7) is 6.22. The van der Waals surface area contributed by atoms with E-state index in [4.69, 9.17) is 21.1 Å². The van der Waals surface area contributed by atoms with Gasteiger partial charge in [0.2, 0.25) is 16.0 Å². The molecule has 59 heavy (non-hydrogen) atoms. The first-order chi connectivity index (χ1) is 28.4. The number of terminal acetylenes is 1. The molecular weight excluding hydrogens is 765 g/mol. The number of aliphatic hydroxyl groups is 2. The molecule has 0 radical (unpaired) electrons. The van der Waals surface area contributed by atoms with E-state index in [0.29, 0.717) is 47.0 Å². The number of aromatic amines is 1. The Morgan fingerprint density at radius 1 is 1.02 bits per heavy atom. The second-order valence-corrected chi connectivity index (χ2v) is 19.1. The Balaban J connectivity index is 1.08. The van der Waals surface area contributed by atoms with Gasteiger partial charge in [0.05, 0.1) is 23.9 Å². The highest BCUT2D eigenvalue weighted by Gasteiger charge is 2.46. The van der Waals surface area contributed by atoms with E-state index in [2.05, 4.69) is 20.7 Å². The summed E-state index contributed by atoms with van der Waals surface area (Å²) in [6, 6.07) is 19.5. The number of aliphatic hydroxyl groups excluding tert-OH is 1. The van der Waals surface area contributed by atoms with Crippen molar-refractivity contribution < 1.29 is 23.4 Å². The normalized spacial score (nSPS) is 22.8. The van der Waals surface area contributed by atoms with E-state index in [9.17, 15) is 23.4 Å². The molecule has 0 amide bonds. The van der Waals surface area contributed by atoms with Crippen molar-refractivity contribution >= 4 is 43.4 Å². The minimum atomic E-state index is -4.06. The van der Waals surface area contributed by atoms with Gasteiger partial charge in [-0.1, -0.05) is 54.5 Å². The van der Waals surface area contributed by atoms with Gasteiger partial charge < -0.3 is 24.8 Å². The zero-order valence-electron chi connectivity index (χ0n) is 33.5. The van der Waals surface area contributed by atoms with Crippen molar-refractivity contribution in [2.45, 2.75) is 86.9 Å². The molecule has 13 heteroatoms. The van der Waals surface area contributed by atoms with Gasteiger partial charge in [0.15, 0.2) is 5.60 Å². The number of nitrogens with one attached hydrogen (secondary N) is 1. The van der Waals surface area contributed by atoms with E-state index in [0.717, 1.165) is 77.9 Å². The lowest BCUT2D eigenvalue weighted by Crippen LogP contribution is -2.51. The van der Waals surface area contributed by atoms with Crippen LogP contribution in [0.3, 0.4) is 0 Å². The van der Waals surface area contributed by atoms with Gasteiger partial charge in [-0.3, -0.25) is 9.69 Å². The quantitative estimate of drug-likeness (QED) is 0.155. The molecule has 0 spiro atoms. The number of pyridine rings is 1. The van der Waals surface area contributed by atoms with Gasteiger partial charge in [-0.05, 0) is 92.5 Å². The van der Waals surface area contributed by atoms with E-state index in [1.807, 2.05) is 67.6 Å². The van der Waals surface area contributed by atoms with Crippen molar-refractivity contribution in [3.63, 3.8) is 0 Å². The number of hydrogen-bond acceptors (Lipinski definition) is 10. The molecular formula is C46H50N6O6S. The van der Waals surface area contributed by atoms with Gasteiger partial charge >= 0.3 is 0 Å². The zero-order valence-corrected chi connectivity index (χ0v) is 34.3. The van der Waals surface area contributed by atoms with E-state index >= 15 is 0 Å². The number of ether oxygens (including phenoxy) is 1. The molecule has 306 valence electrons. The summed E-state index contributed by atoms with van der Waals surface area (Å²) in [5.74, 6) is 3.16. The first kappa shape index (κ1) is 39.4. The van der Waals surface area contributed by atoms with Crippen LogP contribution in [-0.4, -0.2) is 97.7 Å². The maximum atomic E-state index is 14.3. The van der Waals surface area contributed by atoms with Gasteiger partial charge in [-0.15, -0.1) is 6.42 Å². The van der Waals surface area contributed by atoms with E-state index in [1.165, 1.54) is 12.4 Å². The molecule has 2 aliphatic carbocycles. The topological polar surface area (TPSA) is 154 Å². The van der Waals surface area contributed by atoms with Crippen molar-refractivity contribution in [3.8, 4) is 12.3 Å². The number of likely N-dealkylation sites (tertiary alicyclic amines) is 1. The summed E-state index contributed by atoms with van der Waals surface area (Å²) in [5.41, 5.74) is 1.78. The lowest BCUT2D eigenvalue weighted by molar-refractivity contribution is -0.0672. The lowest BCUT2D eigenvalue weighted by atomic mass is 9.85. The summed E-state index contributed by atoms with van der Waals surface area (Å²) >= 11 is 0. The number of piperidine rings is 2. The highest BCUT2D eigenvalue weighted by Crippen LogP contribution is 2.44. The number of benzene rings is 2. The summed E-state index contributed by atoms with van der Waals surface area (Å²) in [4.78, 5) is 30.5. The largest absolute Gasteiger partial charge is 0.393 e. The van der Waals surface area contributed by atoms with Gasteiger partial charge in [0.1, 0.15) is 15.9 Å². The van der Waals surface area contributed by atoms with Crippen molar-refractivity contribution in [2.75, 3.05) is 37.7 Å². The number of fused-ring (bicyclic) bond motifs is 2. The molecule has 3 N–H and O–H groups in total. The Bertz CT molecular complexity index is 2700. The first-order valence-electron chi connectivity index (χ1n) is 20.6. The van der Waals surface area contributed by atoms with Crippen molar-refractivity contribution in [3.05, 3.63) is 118 Å². The molecule has 3 aromatic heterocycles. The number of aromatic nitrogens is 4. The Morgan fingerprint density at radius 2 is 1.76 bits per heavy atom. The van der Waals surface area contributed by atoms with Crippen molar-refractivity contribution in [2.24, 2.45) is 0 Å². The zero-order chi connectivity index (χ0) is 41.2. The van der Waals surface area contributed by atoms with Gasteiger partial charge in [-0.2, -0.15) is 0 Å². The minimum Gasteiger partial charge on any atom is -0.393 e. The molecule has 4 aliphatic rings. The smallest absolute Gasteiger partial charge is 0.273 e. The highest BCUT2D eigenvalue weighted by atomic mass is 32.2. The van der Waals surface area contributed by atoms with Crippen LogP contribution in [0.5, 0.6) is 0 Å². The molecule has 1 unspecified atom stereocenters. The van der Waals surface area contributed by atoms with E-state index in [-0.39, 0.29) is 24.6 Å². The van der Waals surface area contributed by atoms with Gasteiger partial charge in [-0.25, -0.2) is 22.4 Å². The van der Waals surface area contributed by atoms with Crippen LogP contribution >= 0.6 is 0 Å².